The maximum Gasteiger partial charge on any atom is 0.261 e. The Morgan fingerprint density at radius 2 is 1.57 bits per heavy atom. The van der Waals surface area contributed by atoms with Crippen LogP contribution < -0.4 is 14.8 Å². The van der Waals surface area contributed by atoms with E-state index in [-0.39, 0.29) is 10.8 Å². The van der Waals surface area contributed by atoms with Crippen molar-refractivity contribution in [2.45, 2.75) is 4.90 Å². The van der Waals surface area contributed by atoms with E-state index in [9.17, 15) is 13.2 Å². The molecule has 0 unspecified atom stereocenters. The molecule has 3 aromatic carbocycles. The summed E-state index contributed by atoms with van der Waals surface area (Å²) in [6.07, 6.45) is 4.77. The molecule has 0 spiro atoms. The van der Waals surface area contributed by atoms with Crippen LogP contribution in [0, 0.1) is 0 Å². The Morgan fingerprint density at radius 3 is 2.20 bits per heavy atom. The number of ether oxygens (including phenoxy) is 1. The normalized spacial score (nSPS) is 11.5. The van der Waals surface area contributed by atoms with E-state index in [1.165, 1.54) is 18.3 Å². The van der Waals surface area contributed by atoms with E-state index < -0.39 is 10.0 Å². The molecule has 0 radical (unpaired) electrons. The first-order valence-corrected chi connectivity index (χ1v) is 12.2. The molecule has 0 aliphatic rings. The van der Waals surface area contributed by atoms with Gasteiger partial charge >= 0.3 is 0 Å². The number of rotatable bonds is 8. The van der Waals surface area contributed by atoms with Gasteiger partial charge in [-0.2, -0.15) is 0 Å². The van der Waals surface area contributed by atoms with E-state index in [1.807, 2.05) is 54.6 Å². The number of aromatic nitrogens is 1. The van der Waals surface area contributed by atoms with E-state index in [0.717, 1.165) is 16.9 Å². The highest BCUT2D eigenvalue weighted by molar-refractivity contribution is 7.92. The van der Waals surface area contributed by atoms with Gasteiger partial charge in [0.1, 0.15) is 5.75 Å². The van der Waals surface area contributed by atoms with Crippen molar-refractivity contribution in [3.8, 4) is 5.75 Å². The van der Waals surface area contributed by atoms with Crippen LogP contribution in [0.4, 0.5) is 11.4 Å². The van der Waals surface area contributed by atoms with Gasteiger partial charge in [-0.25, -0.2) is 8.42 Å². The Kier molecular flexibility index (Phi) is 7.23. The van der Waals surface area contributed by atoms with E-state index in [1.54, 1.807) is 43.6 Å². The number of carbonyl (C=O) groups excluding carboxylic acids is 1. The monoisotopic (exact) mass is 485 g/mol. The lowest BCUT2D eigenvalue weighted by molar-refractivity contribution is -0.111. The predicted molar refractivity (Wildman–Crippen MR) is 137 cm³/mol. The average molecular weight is 486 g/mol. The van der Waals surface area contributed by atoms with Crippen LogP contribution in [0.25, 0.3) is 11.6 Å². The van der Waals surface area contributed by atoms with Gasteiger partial charge in [0.05, 0.1) is 23.9 Å². The number of nitrogens with zero attached hydrogens (tertiary/aromatic N) is 1. The zero-order valence-electron chi connectivity index (χ0n) is 18.9. The summed E-state index contributed by atoms with van der Waals surface area (Å²) in [7, 11) is -2.19. The molecule has 1 amide bonds. The number of benzene rings is 3. The highest BCUT2D eigenvalue weighted by atomic mass is 32.2. The summed E-state index contributed by atoms with van der Waals surface area (Å²) in [6.45, 7) is 0. The minimum Gasteiger partial charge on any atom is -0.497 e. The molecule has 0 bridgehead atoms. The van der Waals surface area contributed by atoms with Crippen LogP contribution in [0.1, 0.15) is 11.1 Å². The van der Waals surface area contributed by atoms with Crippen LogP contribution in [0.2, 0.25) is 0 Å². The maximum absolute atomic E-state index is 13.2. The summed E-state index contributed by atoms with van der Waals surface area (Å²) in [5.41, 5.74) is 2.88. The molecular formula is C27H23N3O4S. The highest BCUT2D eigenvalue weighted by Gasteiger charge is 2.16. The summed E-state index contributed by atoms with van der Waals surface area (Å²) < 4.78 is 32.9. The number of sulfonamides is 1. The molecule has 176 valence electrons. The van der Waals surface area contributed by atoms with Crippen molar-refractivity contribution >= 4 is 39.0 Å². The number of anilines is 2. The molecular weight excluding hydrogens is 462 g/mol. The second kappa shape index (κ2) is 10.7. The lowest BCUT2D eigenvalue weighted by Crippen LogP contribution is -2.15. The molecule has 2 N–H and O–H groups in total. The number of hydrogen-bond donors (Lipinski definition) is 2. The first kappa shape index (κ1) is 23.7. The molecule has 0 atom stereocenters. The molecule has 0 saturated heterocycles. The molecule has 7 nitrogen and oxygen atoms in total. The predicted octanol–water partition coefficient (Wildman–Crippen LogP) is 5.07. The zero-order chi connectivity index (χ0) is 24.7. The van der Waals surface area contributed by atoms with E-state index in [2.05, 4.69) is 15.0 Å². The molecule has 0 saturated carbocycles. The molecule has 0 aliphatic heterocycles. The number of hydrogen-bond acceptors (Lipinski definition) is 5. The Labute approximate surface area is 204 Å². The minimum absolute atomic E-state index is 0.0661. The van der Waals surface area contributed by atoms with Crippen molar-refractivity contribution in [1.29, 1.82) is 0 Å². The van der Waals surface area contributed by atoms with Crippen LogP contribution in [0.15, 0.2) is 108 Å². The van der Waals surface area contributed by atoms with Crippen molar-refractivity contribution in [3.05, 3.63) is 115 Å². The van der Waals surface area contributed by atoms with Gasteiger partial charge in [0.25, 0.3) is 15.9 Å². The molecule has 4 aromatic rings. The van der Waals surface area contributed by atoms with Crippen LogP contribution in [0.3, 0.4) is 0 Å². The van der Waals surface area contributed by atoms with Crippen LogP contribution in [-0.4, -0.2) is 26.4 Å². The van der Waals surface area contributed by atoms with Gasteiger partial charge in [-0.1, -0.05) is 42.5 Å². The summed E-state index contributed by atoms with van der Waals surface area (Å²) in [5.74, 6) is 0.400. The van der Waals surface area contributed by atoms with Crippen molar-refractivity contribution < 1.29 is 17.9 Å². The zero-order valence-corrected chi connectivity index (χ0v) is 19.7. The van der Waals surface area contributed by atoms with Crippen molar-refractivity contribution in [3.63, 3.8) is 0 Å². The van der Waals surface area contributed by atoms with Crippen molar-refractivity contribution in [1.82, 2.24) is 4.98 Å². The van der Waals surface area contributed by atoms with Crippen LogP contribution in [-0.2, 0) is 14.8 Å². The minimum atomic E-state index is -3.79. The smallest absolute Gasteiger partial charge is 0.261 e. The van der Waals surface area contributed by atoms with Gasteiger partial charge in [0.15, 0.2) is 0 Å². The quantitative estimate of drug-likeness (QED) is 0.268. The standard InChI is InChI=1S/C27H23N3O4S/c1-34-24-13-9-20(10-14-24)18-26(21-6-3-2-4-7-21)27(31)29-22-11-15-25(16-12-22)35(32,33)30-23-8-5-17-28-19-23/h2-19,30H,1H3,(H,29,31)/b26-18-. The average Bonchev–Trinajstić information content (AvgIpc) is 2.89. The molecule has 1 heterocycles. The number of carbonyl (C=O) groups is 1. The van der Waals surface area contributed by atoms with E-state index in [4.69, 9.17) is 4.74 Å². The second-order valence-electron chi connectivity index (χ2n) is 7.52. The maximum atomic E-state index is 13.2. The molecule has 4 rings (SSSR count). The van der Waals surface area contributed by atoms with Crippen LogP contribution >= 0.6 is 0 Å². The summed E-state index contributed by atoms with van der Waals surface area (Å²) in [5, 5.41) is 2.85. The number of methoxy groups -OCH3 is 1. The van der Waals surface area contributed by atoms with Gasteiger partial charge in [-0.3, -0.25) is 14.5 Å². The fraction of sp³-hybridized carbons (Fsp3) is 0.0370. The summed E-state index contributed by atoms with van der Waals surface area (Å²) in [6, 6.07) is 25.9. The van der Waals surface area contributed by atoms with E-state index in [0.29, 0.717) is 16.9 Å². The Hall–Kier alpha value is -4.43. The van der Waals surface area contributed by atoms with Crippen molar-refractivity contribution in [2.75, 3.05) is 17.1 Å². The van der Waals surface area contributed by atoms with Crippen molar-refractivity contribution in [2.24, 2.45) is 0 Å². The van der Waals surface area contributed by atoms with Gasteiger partial charge in [-0.05, 0) is 65.7 Å². The second-order valence-corrected chi connectivity index (χ2v) is 9.21. The summed E-state index contributed by atoms with van der Waals surface area (Å²) in [4.78, 5) is 17.2. The first-order valence-electron chi connectivity index (χ1n) is 10.7. The fourth-order valence-corrected chi connectivity index (χ4v) is 4.36. The van der Waals surface area contributed by atoms with Crippen LogP contribution in [0.5, 0.6) is 5.75 Å². The molecule has 35 heavy (non-hydrogen) atoms. The first-order chi connectivity index (χ1) is 16.9. The third-order valence-electron chi connectivity index (χ3n) is 5.09. The largest absolute Gasteiger partial charge is 0.497 e. The number of pyridine rings is 1. The Bertz CT molecular complexity index is 1420. The SMILES string of the molecule is COc1ccc(/C=C(\C(=O)Nc2ccc(S(=O)(=O)Nc3cccnc3)cc2)c2ccccc2)cc1. The lowest BCUT2D eigenvalue weighted by Gasteiger charge is -2.11. The van der Waals surface area contributed by atoms with Gasteiger partial charge in [0.2, 0.25) is 0 Å². The molecule has 0 aliphatic carbocycles. The molecule has 0 fully saturated rings. The van der Waals surface area contributed by atoms with Gasteiger partial charge < -0.3 is 10.1 Å². The van der Waals surface area contributed by atoms with E-state index >= 15 is 0 Å². The molecule has 1 aromatic heterocycles. The number of amides is 1. The summed E-state index contributed by atoms with van der Waals surface area (Å²) >= 11 is 0. The Balaban J connectivity index is 1.55. The third-order valence-corrected chi connectivity index (χ3v) is 6.49. The third kappa shape index (κ3) is 6.13. The topological polar surface area (TPSA) is 97.4 Å². The molecule has 8 heteroatoms. The highest BCUT2D eigenvalue weighted by Crippen LogP contribution is 2.23. The lowest BCUT2D eigenvalue weighted by atomic mass is 10.0. The van der Waals surface area contributed by atoms with Gasteiger partial charge in [0, 0.05) is 17.5 Å². The fourth-order valence-electron chi connectivity index (χ4n) is 3.32. The van der Waals surface area contributed by atoms with Gasteiger partial charge in [-0.15, -0.1) is 0 Å². The Morgan fingerprint density at radius 1 is 0.857 bits per heavy atom. The number of nitrogens with one attached hydrogen (secondary N) is 2.